The number of hydrogen-bond acceptors (Lipinski definition) is 2. The molecule has 0 nitrogen and oxygen atoms in total. The molecule has 0 saturated heterocycles. The minimum atomic E-state index is 1.34. The Morgan fingerprint density at radius 2 is 1.54 bits per heavy atom. The fourth-order valence-electron chi connectivity index (χ4n) is 3.67. The minimum absolute atomic E-state index is 1.34. The second-order valence-electron chi connectivity index (χ2n) is 7.54. The molecule has 0 amide bonds. The van der Waals surface area contributed by atoms with Crippen LogP contribution in [0, 0.1) is 27.7 Å². The molecule has 4 aromatic rings. The van der Waals surface area contributed by atoms with Crippen LogP contribution in [-0.2, 0) is 0 Å². The summed E-state index contributed by atoms with van der Waals surface area (Å²) in [7, 11) is 0. The van der Waals surface area contributed by atoms with E-state index in [0.717, 1.165) is 0 Å². The molecule has 2 heterocycles. The van der Waals surface area contributed by atoms with E-state index in [9.17, 15) is 0 Å². The lowest BCUT2D eigenvalue weighted by Gasteiger charge is -2.06. The summed E-state index contributed by atoms with van der Waals surface area (Å²) in [6, 6.07) is 11.8. The van der Waals surface area contributed by atoms with Crippen molar-refractivity contribution in [3.8, 4) is 10.4 Å². The van der Waals surface area contributed by atoms with E-state index >= 15 is 0 Å². The Labute approximate surface area is 163 Å². The van der Waals surface area contributed by atoms with Crippen molar-refractivity contribution in [2.75, 3.05) is 0 Å². The molecule has 2 aromatic heterocycles. The second kappa shape index (κ2) is 6.37. The van der Waals surface area contributed by atoms with Crippen LogP contribution in [-0.4, -0.2) is 0 Å². The Morgan fingerprint density at radius 3 is 2.27 bits per heavy atom. The van der Waals surface area contributed by atoms with Crippen molar-refractivity contribution < 1.29 is 0 Å². The van der Waals surface area contributed by atoms with Crippen LogP contribution in [0.4, 0.5) is 0 Å². The molecule has 0 spiro atoms. The van der Waals surface area contributed by atoms with Gasteiger partial charge in [-0.15, -0.1) is 22.7 Å². The fourth-order valence-corrected chi connectivity index (χ4v) is 6.05. The molecule has 132 valence electrons. The summed E-state index contributed by atoms with van der Waals surface area (Å²) >= 11 is 3.82. The Bertz CT molecular complexity index is 1180. The van der Waals surface area contributed by atoms with Crippen LogP contribution in [0.25, 0.3) is 36.7 Å². The normalized spacial score (nSPS) is 11.5. The first-order valence-corrected chi connectivity index (χ1v) is 10.7. The number of aryl methyl sites for hydroxylation is 4. The third kappa shape index (κ3) is 2.91. The van der Waals surface area contributed by atoms with Gasteiger partial charge in [0.1, 0.15) is 0 Å². The first-order valence-electron chi connectivity index (χ1n) is 9.03. The highest BCUT2D eigenvalue weighted by molar-refractivity contribution is 7.22. The first-order chi connectivity index (χ1) is 12.3. The number of thiophene rings is 2. The maximum atomic E-state index is 2.38. The zero-order valence-electron chi connectivity index (χ0n) is 16.3. The molecule has 0 bridgehead atoms. The van der Waals surface area contributed by atoms with Gasteiger partial charge in [0.2, 0.25) is 0 Å². The molecule has 0 fully saturated rings. The Morgan fingerprint density at radius 1 is 0.808 bits per heavy atom. The molecule has 0 radical (unpaired) electrons. The van der Waals surface area contributed by atoms with Crippen molar-refractivity contribution in [1.82, 2.24) is 0 Å². The van der Waals surface area contributed by atoms with Gasteiger partial charge in [-0.1, -0.05) is 11.6 Å². The summed E-state index contributed by atoms with van der Waals surface area (Å²) < 4.78 is 2.78. The molecule has 0 N–H and O–H groups in total. The lowest BCUT2D eigenvalue weighted by Crippen LogP contribution is -1.84. The monoisotopic (exact) mass is 376 g/mol. The zero-order valence-corrected chi connectivity index (χ0v) is 17.9. The van der Waals surface area contributed by atoms with Crippen molar-refractivity contribution in [2.45, 2.75) is 41.5 Å². The molecule has 0 aliphatic carbocycles. The van der Waals surface area contributed by atoms with E-state index in [1.165, 1.54) is 63.3 Å². The van der Waals surface area contributed by atoms with Crippen LogP contribution in [0.15, 0.2) is 35.9 Å². The standard InChI is InChI=1S/C24H24S2/c1-13(2)7-18-11-21-17(6)24(26-23(21)8-14(18)3)20-12-19-10-16(5)25-22(19)9-15(20)4/h7-12H,1-6H3. The summed E-state index contributed by atoms with van der Waals surface area (Å²) in [5.41, 5.74) is 8.20. The van der Waals surface area contributed by atoms with E-state index in [1.54, 1.807) is 0 Å². The zero-order chi connectivity index (χ0) is 18.6. The summed E-state index contributed by atoms with van der Waals surface area (Å²) in [6.45, 7) is 13.3. The molecular formula is C24H24S2. The van der Waals surface area contributed by atoms with Gasteiger partial charge in [-0.3, -0.25) is 0 Å². The minimum Gasteiger partial charge on any atom is -0.141 e. The quantitative estimate of drug-likeness (QED) is 0.329. The Hall–Kier alpha value is -1.90. The van der Waals surface area contributed by atoms with Crippen LogP contribution in [0.5, 0.6) is 0 Å². The lowest BCUT2D eigenvalue weighted by molar-refractivity contribution is 1.40. The van der Waals surface area contributed by atoms with Gasteiger partial charge < -0.3 is 0 Å². The van der Waals surface area contributed by atoms with Gasteiger partial charge in [-0.2, -0.15) is 0 Å². The molecule has 0 aliphatic rings. The fraction of sp³-hybridized carbons (Fsp3) is 0.250. The van der Waals surface area contributed by atoms with Crippen LogP contribution >= 0.6 is 22.7 Å². The number of hydrogen-bond donors (Lipinski definition) is 0. The maximum Gasteiger partial charge on any atom is 0.0387 e. The van der Waals surface area contributed by atoms with Crippen LogP contribution < -0.4 is 0 Å². The first kappa shape index (κ1) is 17.5. The van der Waals surface area contributed by atoms with Gasteiger partial charge >= 0.3 is 0 Å². The van der Waals surface area contributed by atoms with Crippen molar-refractivity contribution in [1.29, 1.82) is 0 Å². The number of allylic oxidation sites excluding steroid dienone is 1. The molecule has 4 rings (SSSR count). The highest BCUT2D eigenvalue weighted by Gasteiger charge is 2.15. The predicted octanol–water partition coefficient (Wildman–Crippen LogP) is 8.44. The van der Waals surface area contributed by atoms with Crippen LogP contribution in [0.3, 0.4) is 0 Å². The second-order valence-corrected chi connectivity index (χ2v) is 9.88. The van der Waals surface area contributed by atoms with E-state index in [4.69, 9.17) is 0 Å². The van der Waals surface area contributed by atoms with Gasteiger partial charge in [0, 0.05) is 19.2 Å². The van der Waals surface area contributed by atoms with E-state index in [1.807, 2.05) is 22.7 Å². The highest BCUT2D eigenvalue weighted by Crippen LogP contribution is 2.42. The van der Waals surface area contributed by atoms with Crippen LogP contribution in [0.1, 0.15) is 41.0 Å². The largest absolute Gasteiger partial charge is 0.141 e. The van der Waals surface area contributed by atoms with Gasteiger partial charge in [-0.05, 0) is 110 Å². The average Bonchev–Trinajstić information content (AvgIpc) is 3.06. The number of benzene rings is 2. The molecule has 0 saturated carbocycles. The van der Waals surface area contributed by atoms with Crippen molar-refractivity contribution in [2.24, 2.45) is 0 Å². The SMILES string of the molecule is CC(C)=Cc1cc2c(C)c(-c3cc4cc(C)sc4cc3C)sc2cc1C. The molecule has 0 unspecified atom stereocenters. The summed E-state index contributed by atoms with van der Waals surface area (Å²) in [4.78, 5) is 2.80. The smallest absolute Gasteiger partial charge is 0.0387 e. The third-order valence-corrected chi connectivity index (χ3v) is 7.30. The van der Waals surface area contributed by atoms with E-state index in [0.29, 0.717) is 0 Å². The van der Waals surface area contributed by atoms with Crippen molar-refractivity contribution in [3.63, 3.8) is 0 Å². The van der Waals surface area contributed by atoms with E-state index < -0.39 is 0 Å². The predicted molar refractivity (Wildman–Crippen MR) is 121 cm³/mol. The van der Waals surface area contributed by atoms with Crippen molar-refractivity contribution >= 4 is 48.9 Å². The third-order valence-electron chi connectivity index (χ3n) is 5.00. The van der Waals surface area contributed by atoms with Gasteiger partial charge in [0.25, 0.3) is 0 Å². The average molecular weight is 377 g/mol. The summed E-state index contributed by atoms with van der Waals surface area (Å²) in [5, 5.41) is 2.76. The Kier molecular flexibility index (Phi) is 4.29. The molecule has 2 aromatic carbocycles. The number of fused-ring (bicyclic) bond motifs is 2. The van der Waals surface area contributed by atoms with Gasteiger partial charge in [-0.25, -0.2) is 0 Å². The van der Waals surface area contributed by atoms with E-state index in [2.05, 4.69) is 78.0 Å². The maximum absolute atomic E-state index is 2.38. The number of rotatable bonds is 2. The van der Waals surface area contributed by atoms with Crippen LogP contribution in [0.2, 0.25) is 0 Å². The molecule has 2 heteroatoms. The molecule has 0 aliphatic heterocycles. The summed E-state index contributed by atoms with van der Waals surface area (Å²) in [5.74, 6) is 0. The van der Waals surface area contributed by atoms with Crippen molar-refractivity contribution in [3.05, 3.63) is 63.0 Å². The van der Waals surface area contributed by atoms with Gasteiger partial charge in [0.05, 0.1) is 0 Å². The molecule has 26 heavy (non-hydrogen) atoms. The van der Waals surface area contributed by atoms with E-state index in [-0.39, 0.29) is 0 Å². The Balaban J connectivity index is 1.96. The summed E-state index contributed by atoms with van der Waals surface area (Å²) in [6.07, 6.45) is 2.29. The molecular weight excluding hydrogens is 352 g/mol. The molecule has 0 atom stereocenters. The topological polar surface area (TPSA) is 0 Å². The van der Waals surface area contributed by atoms with Gasteiger partial charge in [0.15, 0.2) is 0 Å². The lowest BCUT2D eigenvalue weighted by atomic mass is 9.99. The highest BCUT2D eigenvalue weighted by atomic mass is 32.1.